The predicted molar refractivity (Wildman–Crippen MR) is 85.4 cm³/mol. The molecule has 0 radical (unpaired) electrons. The lowest BCUT2D eigenvalue weighted by molar-refractivity contribution is 1.44. The molecule has 0 atom stereocenters. The quantitative estimate of drug-likeness (QED) is 0.275. The maximum absolute atomic E-state index is 4.66. The molecule has 1 heterocycles. The van der Waals surface area contributed by atoms with E-state index in [1.807, 2.05) is 6.20 Å². The van der Waals surface area contributed by atoms with Gasteiger partial charge in [0.15, 0.2) is 0 Å². The van der Waals surface area contributed by atoms with Crippen LogP contribution in [0.4, 0.5) is 0 Å². The second kappa shape index (κ2) is 3.45. The van der Waals surface area contributed by atoms with Crippen molar-refractivity contribution in [3.63, 3.8) is 0 Å². The maximum atomic E-state index is 4.66. The first-order valence-electron chi connectivity index (χ1n) is 6.84. The topological polar surface area (TPSA) is 12.9 Å². The van der Waals surface area contributed by atoms with Crippen LogP contribution in [0.1, 0.15) is 0 Å². The van der Waals surface area contributed by atoms with Gasteiger partial charge in [-0.15, -0.1) is 0 Å². The van der Waals surface area contributed by atoms with E-state index in [-0.39, 0.29) is 0 Å². The average Bonchev–Trinajstić information content (AvgIpc) is 2.53. The zero-order chi connectivity index (χ0) is 13.1. The van der Waals surface area contributed by atoms with Crippen molar-refractivity contribution in [2.45, 2.75) is 0 Å². The van der Waals surface area contributed by atoms with Gasteiger partial charge < -0.3 is 0 Å². The highest BCUT2D eigenvalue weighted by Crippen LogP contribution is 2.39. The fourth-order valence-electron chi connectivity index (χ4n) is 3.40. The molecule has 5 rings (SSSR count). The third-order valence-corrected chi connectivity index (χ3v) is 4.24. The number of benzene rings is 4. The average molecular weight is 253 g/mol. The van der Waals surface area contributed by atoms with Crippen LogP contribution in [0.5, 0.6) is 0 Å². The van der Waals surface area contributed by atoms with E-state index in [1.54, 1.807) is 0 Å². The first-order chi connectivity index (χ1) is 9.93. The number of aromatic nitrogens is 1. The van der Waals surface area contributed by atoms with Gasteiger partial charge >= 0.3 is 0 Å². The molecule has 5 aromatic rings. The van der Waals surface area contributed by atoms with E-state index < -0.39 is 0 Å². The molecule has 0 unspecified atom stereocenters. The molecule has 0 saturated carbocycles. The van der Waals surface area contributed by atoms with E-state index in [0.717, 1.165) is 5.52 Å². The number of rotatable bonds is 0. The Bertz CT molecular complexity index is 1000. The van der Waals surface area contributed by atoms with Gasteiger partial charge in [-0.05, 0) is 33.0 Å². The summed E-state index contributed by atoms with van der Waals surface area (Å²) in [4.78, 5) is 4.66. The van der Waals surface area contributed by atoms with Crippen LogP contribution >= 0.6 is 0 Å². The molecule has 92 valence electrons. The normalized spacial score (nSPS) is 12.0. The van der Waals surface area contributed by atoms with Crippen molar-refractivity contribution < 1.29 is 0 Å². The Hall–Kier alpha value is -2.67. The molecular formula is C19H11N. The molecule has 0 spiro atoms. The van der Waals surface area contributed by atoms with Crippen molar-refractivity contribution in [3.05, 3.63) is 66.9 Å². The first kappa shape index (κ1) is 10.2. The lowest BCUT2D eigenvalue weighted by Crippen LogP contribution is -1.88. The molecule has 0 aliphatic rings. The molecule has 1 heteroatoms. The van der Waals surface area contributed by atoms with Crippen LogP contribution < -0.4 is 0 Å². The van der Waals surface area contributed by atoms with Crippen LogP contribution in [0.15, 0.2) is 66.9 Å². The summed E-state index contributed by atoms with van der Waals surface area (Å²) in [5, 5.41) is 9.04. The Morgan fingerprint density at radius 3 is 2.20 bits per heavy atom. The van der Waals surface area contributed by atoms with E-state index in [0.29, 0.717) is 0 Å². The van der Waals surface area contributed by atoms with E-state index in [4.69, 9.17) is 0 Å². The Labute approximate surface area is 115 Å². The minimum absolute atomic E-state index is 1.11. The van der Waals surface area contributed by atoms with Gasteiger partial charge in [0, 0.05) is 17.0 Å². The number of hydrogen-bond acceptors (Lipinski definition) is 1. The molecule has 1 aromatic heterocycles. The van der Waals surface area contributed by atoms with Crippen molar-refractivity contribution >= 4 is 43.2 Å². The second-order valence-corrected chi connectivity index (χ2v) is 5.27. The van der Waals surface area contributed by atoms with Gasteiger partial charge in [-0.2, -0.15) is 0 Å². The van der Waals surface area contributed by atoms with Crippen LogP contribution in [0.25, 0.3) is 43.2 Å². The van der Waals surface area contributed by atoms with Gasteiger partial charge in [0.1, 0.15) is 0 Å². The molecule has 0 aliphatic carbocycles. The highest BCUT2D eigenvalue weighted by Gasteiger charge is 2.12. The van der Waals surface area contributed by atoms with Crippen molar-refractivity contribution in [1.29, 1.82) is 0 Å². The second-order valence-electron chi connectivity index (χ2n) is 5.27. The van der Waals surface area contributed by atoms with Crippen LogP contribution in [0.2, 0.25) is 0 Å². The van der Waals surface area contributed by atoms with Crippen LogP contribution in [-0.4, -0.2) is 4.98 Å². The molecule has 0 amide bonds. The zero-order valence-corrected chi connectivity index (χ0v) is 10.8. The highest BCUT2D eigenvalue weighted by atomic mass is 14.6. The lowest BCUT2D eigenvalue weighted by atomic mass is 9.92. The molecule has 4 aromatic carbocycles. The van der Waals surface area contributed by atoms with Gasteiger partial charge in [0.25, 0.3) is 0 Å². The summed E-state index contributed by atoms with van der Waals surface area (Å²) in [6.45, 7) is 0. The molecular weight excluding hydrogens is 242 g/mol. The van der Waals surface area contributed by atoms with Crippen LogP contribution in [-0.2, 0) is 0 Å². The first-order valence-corrected chi connectivity index (χ1v) is 6.84. The molecule has 1 nitrogen and oxygen atoms in total. The fraction of sp³-hybridized carbons (Fsp3) is 0. The van der Waals surface area contributed by atoms with E-state index in [2.05, 4.69) is 65.6 Å². The van der Waals surface area contributed by atoms with Gasteiger partial charge in [0.05, 0.1) is 5.52 Å². The summed E-state index contributed by atoms with van der Waals surface area (Å²) in [7, 11) is 0. The molecule has 0 bridgehead atoms. The van der Waals surface area contributed by atoms with Crippen molar-refractivity contribution in [1.82, 2.24) is 4.98 Å². The van der Waals surface area contributed by atoms with Crippen molar-refractivity contribution in [2.75, 3.05) is 0 Å². The third-order valence-electron chi connectivity index (χ3n) is 4.24. The minimum atomic E-state index is 1.11. The molecule has 0 aliphatic heterocycles. The fourth-order valence-corrected chi connectivity index (χ4v) is 3.40. The number of fused-ring (bicyclic) bond motifs is 3. The number of nitrogens with zero attached hydrogens (tertiary/aromatic N) is 1. The maximum Gasteiger partial charge on any atom is 0.0792 e. The Balaban J connectivity index is 2.33. The number of hydrogen-bond donors (Lipinski definition) is 0. The third kappa shape index (κ3) is 1.11. The smallest absolute Gasteiger partial charge is 0.0792 e. The predicted octanol–water partition coefficient (Wildman–Crippen LogP) is 5.13. The zero-order valence-electron chi connectivity index (χ0n) is 10.8. The standard InChI is InChI=1S/C19H11N/c1-2-6-16-14(5-1)15-7-3-4-12-8-9-13-10-11-20-19(16)18(13)17(12)15/h1-11H. The summed E-state index contributed by atoms with van der Waals surface area (Å²) in [5.74, 6) is 0. The lowest BCUT2D eigenvalue weighted by Gasteiger charge is -2.13. The summed E-state index contributed by atoms with van der Waals surface area (Å²) in [5.41, 5.74) is 1.11. The van der Waals surface area contributed by atoms with Crippen LogP contribution in [0, 0.1) is 0 Å². The molecule has 0 fully saturated rings. The molecule has 0 N–H and O–H groups in total. The van der Waals surface area contributed by atoms with E-state index in [1.165, 1.54) is 37.7 Å². The van der Waals surface area contributed by atoms with Crippen molar-refractivity contribution in [2.24, 2.45) is 0 Å². The SMILES string of the molecule is c1ccc2c(c1)c1cccc3ccc4ccnc2c4c31. The molecule has 20 heavy (non-hydrogen) atoms. The summed E-state index contributed by atoms with van der Waals surface area (Å²) >= 11 is 0. The molecule has 0 saturated heterocycles. The minimum Gasteiger partial charge on any atom is -0.256 e. The van der Waals surface area contributed by atoms with Crippen LogP contribution in [0.3, 0.4) is 0 Å². The largest absolute Gasteiger partial charge is 0.256 e. The number of pyridine rings is 1. The van der Waals surface area contributed by atoms with Gasteiger partial charge in [-0.3, -0.25) is 4.98 Å². The van der Waals surface area contributed by atoms with Crippen molar-refractivity contribution in [3.8, 4) is 0 Å². The summed E-state index contributed by atoms with van der Waals surface area (Å²) in [6, 6.07) is 21.6. The van der Waals surface area contributed by atoms with Gasteiger partial charge in [0.2, 0.25) is 0 Å². The monoisotopic (exact) mass is 253 g/mol. The summed E-state index contributed by atoms with van der Waals surface area (Å²) in [6.07, 6.45) is 1.91. The van der Waals surface area contributed by atoms with Gasteiger partial charge in [-0.1, -0.05) is 54.6 Å². The van der Waals surface area contributed by atoms with Gasteiger partial charge in [-0.25, -0.2) is 0 Å². The Morgan fingerprint density at radius 2 is 1.30 bits per heavy atom. The Kier molecular flexibility index (Phi) is 1.75. The Morgan fingerprint density at radius 1 is 0.550 bits per heavy atom. The highest BCUT2D eigenvalue weighted by molar-refractivity contribution is 6.32. The summed E-state index contributed by atoms with van der Waals surface area (Å²) < 4.78 is 0. The van der Waals surface area contributed by atoms with E-state index >= 15 is 0 Å². The van der Waals surface area contributed by atoms with E-state index in [9.17, 15) is 0 Å².